The fourth-order valence-electron chi connectivity index (χ4n) is 1.73. The number of hydrogen-bond acceptors (Lipinski definition) is 4. The molecule has 13 heavy (non-hydrogen) atoms. The lowest BCUT2D eigenvalue weighted by atomic mass is 9.85. The molecule has 6 heteroatoms. The zero-order valence-corrected chi connectivity index (χ0v) is 6.69. The second-order valence-corrected chi connectivity index (χ2v) is 3.27. The minimum absolute atomic E-state index is 0.377. The van der Waals surface area contributed by atoms with Crippen LogP contribution in [0.2, 0.25) is 0 Å². The lowest BCUT2D eigenvalue weighted by Crippen LogP contribution is -2.72. The number of aliphatic hydroxyl groups excluding tert-OH is 2. The smallest absolute Gasteiger partial charge is 0.323 e. The number of fused-ring (bicyclic) bond motifs is 2. The summed E-state index contributed by atoms with van der Waals surface area (Å²) in [6, 6.07) is 0. The van der Waals surface area contributed by atoms with Crippen LogP contribution in [0.1, 0.15) is 0 Å². The number of halogens is 2. The first-order valence-corrected chi connectivity index (χ1v) is 4.01. The van der Waals surface area contributed by atoms with Gasteiger partial charge >= 0.3 is 5.92 Å². The van der Waals surface area contributed by atoms with Crippen LogP contribution >= 0.6 is 0 Å². The van der Waals surface area contributed by atoms with E-state index >= 15 is 0 Å². The molecule has 3 aliphatic rings. The van der Waals surface area contributed by atoms with Gasteiger partial charge in [0.1, 0.15) is 6.10 Å². The summed E-state index contributed by atoms with van der Waals surface area (Å²) in [4.78, 5) is 0. The lowest BCUT2D eigenvalue weighted by molar-refractivity contribution is -0.460. The number of rotatable bonds is 2. The van der Waals surface area contributed by atoms with Gasteiger partial charge in [0.25, 0.3) is 0 Å². The monoisotopic (exact) mass is 196 g/mol. The van der Waals surface area contributed by atoms with E-state index in [1.165, 1.54) is 0 Å². The highest BCUT2D eigenvalue weighted by Gasteiger charge is 2.68. The first-order valence-electron chi connectivity index (χ1n) is 4.01. The number of ether oxygens (including phenoxy) is 2. The maximum Gasteiger partial charge on any atom is 0.323 e. The van der Waals surface area contributed by atoms with Gasteiger partial charge in [0.05, 0.1) is 19.3 Å². The van der Waals surface area contributed by atoms with Gasteiger partial charge in [0.15, 0.2) is 0 Å². The van der Waals surface area contributed by atoms with Crippen LogP contribution < -0.4 is 0 Å². The first kappa shape index (κ1) is 9.26. The molecule has 0 amide bonds. The summed E-state index contributed by atoms with van der Waals surface area (Å²) in [5.74, 6) is -3.87. The Morgan fingerprint density at radius 3 is 2.31 bits per heavy atom. The van der Waals surface area contributed by atoms with Crippen LogP contribution in [0.3, 0.4) is 0 Å². The van der Waals surface area contributed by atoms with Crippen LogP contribution in [0.15, 0.2) is 0 Å². The van der Waals surface area contributed by atoms with Gasteiger partial charge in [-0.2, -0.15) is 8.78 Å². The van der Waals surface area contributed by atoms with Crippen molar-refractivity contribution in [1.29, 1.82) is 0 Å². The average molecular weight is 196 g/mol. The maximum atomic E-state index is 13.0. The normalized spacial score (nSPS) is 47.1. The van der Waals surface area contributed by atoms with Gasteiger partial charge in [0.2, 0.25) is 6.29 Å². The fourth-order valence-corrected chi connectivity index (χ4v) is 1.73. The fraction of sp³-hybridized carbons (Fsp3) is 1.00. The van der Waals surface area contributed by atoms with E-state index < -0.39 is 36.9 Å². The third-order valence-corrected chi connectivity index (χ3v) is 2.52. The molecule has 2 N–H and O–H groups in total. The predicted molar refractivity (Wildman–Crippen MR) is 36.1 cm³/mol. The molecule has 3 fully saturated rings. The van der Waals surface area contributed by atoms with Crippen molar-refractivity contribution in [2.24, 2.45) is 5.92 Å². The molecule has 0 spiro atoms. The number of aliphatic hydroxyl groups is 2. The molecular formula is C7H10F2O4. The van der Waals surface area contributed by atoms with Crippen LogP contribution in [0.5, 0.6) is 0 Å². The second kappa shape index (κ2) is 2.84. The maximum absolute atomic E-state index is 13.0. The minimum Gasteiger partial charge on any atom is -0.396 e. The summed E-state index contributed by atoms with van der Waals surface area (Å²) >= 11 is 0. The molecule has 0 radical (unpaired) electrons. The SMILES string of the molecule is OC[C@H]1[C@H]2O[C@@H](O[C@@H]1CO)C2(F)F. The van der Waals surface area contributed by atoms with Crippen molar-refractivity contribution < 1.29 is 28.5 Å². The Kier molecular flexibility index (Phi) is 2.03. The molecule has 2 bridgehead atoms. The van der Waals surface area contributed by atoms with E-state index in [4.69, 9.17) is 14.9 Å². The highest BCUT2D eigenvalue weighted by molar-refractivity contribution is 5.02. The highest BCUT2D eigenvalue weighted by atomic mass is 19.3. The number of hydrogen-bond donors (Lipinski definition) is 2. The summed E-state index contributed by atoms with van der Waals surface area (Å²) in [5.41, 5.74) is 0. The van der Waals surface area contributed by atoms with Gasteiger partial charge < -0.3 is 19.7 Å². The molecular weight excluding hydrogens is 186 g/mol. The molecule has 0 unspecified atom stereocenters. The first-order chi connectivity index (χ1) is 6.11. The van der Waals surface area contributed by atoms with E-state index in [1.807, 2.05) is 0 Å². The van der Waals surface area contributed by atoms with E-state index in [2.05, 4.69) is 4.74 Å². The summed E-state index contributed by atoms with van der Waals surface area (Å²) < 4.78 is 35.3. The van der Waals surface area contributed by atoms with Crippen LogP contribution in [0.4, 0.5) is 8.78 Å². The Morgan fingerprint density at radius 1 is 1.15 bits per heavy atom. The summed E-state index contributed by atoms with van der Waals surface area (Å²) in [5, 5.41) is 17.6. The van der Waals surface area contributed by atoms with Crippen molar-refractivity contribution in [3.05, 3.63) is 0 Å². The zero-order chi connectivity index (χ0) is 9.64. The molecule has 3 heterocycles. The van der Waals surface area contributed by atoms with Crippen molar-refractivity contribution in [2.75, 3.05) is 13.2 Å². The predicted octanol–water partition coefficient (Wildman–Crippen LogP) is -0.654. The van der Waals surface area contributed by atoms with Gasteiger partial charge in [-0.3, -0.25) is 0 Å². The quantitative estimate of drug-likeness (QED) is 0.616. The summed E-state index contributed by atoms with van der Waals surface area (Å²) in [7, 11) is 0. The van der Waals surface area contributed by atoms with E-state index in [-0.39, 0.29) is 6.61 Å². The Balaban J connectivity index is 2.13. The lowest BCUT2D eigenvalue weighted by Gasteiger charge is -2.54. The van der Waals surface area contributed by atoms with E-state index in [9.17, 15) is 8.78 Å². The van der Waals surface area contributed by atoms with Gasteiger partial charge in [-0.05, 0) is 0 Å². The van der Waals surface area contributed by atoms with Crippen molar-refractivity contribution >= 4 is 0 Å². The second-order valence-electron chi connectivity index (χ2n) is 3.27. The third kappa shape index (κ3) is 1.10. The molecule has 3 saturated heterocycles. The van der Waals surface area contributed by atoms with E-state index in [0.717, 1.165) is 0 Å². The Hall–Kier alpha value is -0.300. The molecule has 0 saturated carbocycles. The molecule has 3 rings (SSSR count). The van der Waals surface area contributed by atoms with Crippen molar-refractivity contribution in [1.82, 2.24) is 0 Å². The molecule has 3 aliphatic heterocycles. The minimum atomic E-state index is -3.03. The molecule has 4 nitrogen and oxygen atoms in total. The topological polar surface area (TPSA) is 58.9 Å². The summed E-state index contributed by atoms with van der Waals surface area (Å²) in [6.07, 6.45) is -3.60. The van der Waals surface area contributed by atoms with Gasteiger partial charge in [-0.1, -0.05) is 0 Å². The average Bonchev–Trinajstić information content (AvgIpc) is 2.16. The van der Waals surface area contributed by atoms with Crippen molar-refractivity contribution in [3.8, 4) is 0 Å². The Morgan fingerprint density at radius 2 is 1.85 bits per heavy atom. The molecule has 76 valence electrons. The molecule has 0 aromatic carbocycles. The molecule has 0 aromatic heterocycles. The van der Waals surface area contributed by atoms with Crippen molar-refractivity contribution in [3.63, 3.8) is 0 Å². The molecule has 4 atom stereocenters. The van der Waals surface area contributed by atoms with Crippen LogP contribution in [0.25, 0.3) is 0 Å². The Bertz CT molecular complexity index is 211. The molecule has 0 aliphatic carbocycles. The van der Waals surface area contributed by atoms with Crippen LogP contribution in [0, 0.1) is 5.92 Å². The van der Waals surface area contributed by atoms with Crippen LogP contribution in [-0.4, -0.2) is 47.8 Å². The van der Waals surface area contributed by atoms with Crippen LogP contribution in [-0.2, 0) is 9.47 Å². The van der Waals surface area contributed by atoms with E-state index in [1.54, 1.807) is 0 Å². The van der Waals surface area contributed by atoms with Gasteiger partial charge in [-0.25, -0.2) is 0 Å². The van der Waals surface area contributed by atoms with E-state index in [0.29, 0.717) is 0 Å². The highest BCUT2D eigenvalue weighted by Crippen LogP contribution is 2.48. The van der Waals surface area contributed by atoms with Gasteiger partial charge in [0, 0.05) is 5.92 Å². The molecule has 0 aromatic rings. The van der Waals surface area contributed by atoms with Crippen molar-refractivity contribution in [2.45, 2.75) is 24.4 Å². The standard InChI is InChI=1S/C7H10F2O4/c8-7(9)5-3(1-10)4(2-11)12-6(7)13-5/h3-6,10-11H,1-2H2/t3-,4-,5-,6-/m1/s1. The zero-order valence-electron chi connectivity index (χ0n) is 6.69. The summed E-state index contributed by atoms with van der Waals surface area (Å²) in [6.45, 7) is -0.851. The third-order valence-electron chi connectivity index (χ3n) is 2.52. The van der Waals surface area contributed by atoms with Gasteiger partial charge in [-0.15, -0.1) is 0 Å². The Labute approximate surface area is 73.1 Å². The largest absolute Gasteiger partial charge is 0.396 e. The number of alkyl halides is 2.